The molecule has 1 fully saturated rings. The van der Waals surface area contributed by atoms with Gasteiger partial charge in [-0.1, -0.05) is 0 Å². The van der Waals surface area contributed by atoms with Gasteiger partial charge in [0.2, 0.25) is 0 Å². The smallest absolute Gasteiger partial charge is 0.410 e. The molecule has 1 aliphatic heterocycles. The number of carboxylic acid groups (broad SMARTS) is 1. The van der Waals surface area contributed by atoms with Crippen molar-refractivity contribution >= 4 is 12.1 Å². The highest BCUT2D eigenvalue weighted by Crippen LogP contribution is 2.23. The average molecular weight is 335 g/mol. The van der Waals surface area contributed by atoms with Crippen LogP contribution in [0.4, 0.5) is 4.79 Å². The van der Waals surface area contributed by atoms with Crippen molar-refractivity contribution in [3.8, 4) is 5.75 Å². The summed E-state index contributed by atoms with van der Waals surface area (Å²) in [6, 6.07) is 4.85. The molecule has 0 aromatic heterocycles. The maximum absolute atomic E-state index is 12.2. The van der Waals surface area contributed by atoms with E-state index in [1.807, 2.05) is 20.8 Å². The van der Waals surface area contributed by atoms with E-state index in [2.05, 4.69) is 0 Å². The van der Waals surface area contributed by atoms with Crippen molar-refractivity contribution in [1.29, 1.82) is 0 Å². The van der Waals surface area contributed by atoms with E-state index in [1.165, 1.54) is 6.07 Å². The van der Waals surface area contributed by atoms with Crippen molar-refractivity contribution in [2.24, 2.45) is 0 Å². The molecule has 1 heterocycles. The summed E-state index contributed by atoms with van der Waals surface area (Å²) in [6.07, 6.45) is 1.47. The predicted octanol–water partition coefficient (Wildman–Crippen LogP) is 3.47. The lowest BCUT2D eigenvalue weighted by Gasteiger charge is -2.28. The third-order valence-corrected chi connectivity index (χ3v) is 3.88. The van der Waals surface area contributed by atoms with Crippen molar-refractivity contribution in [1.82, 2.24) is 4.90 Å². The van der Waals surface area contributed by atoms with Crippen molar-refractivity contribution in [3.63, 3.8) is 0 Å². The monoisotopic (exact) mass is 335 g/mol. The highest BCUT2D eigenvalue weighted by atomic mass is 16.6. The van der Waals surface area contributed by atoms with Gasteiger partial charge in [0.25, 0.3) is 0 Å². The molecule has 2 rings (SSSR count). The zero-order valence-corrected chi connectivity index (χ0v) is 14.7. The Labute approximate surface area is 142 Å². The number of likely N-dealkylation sites (tertiary alicyclic amines) is 1. The van der Waals surface area contributed by atoms with Crippen LogP contribution in [0.25, 0.3) is 0 Å². The Hall–Kier alpha value is -2.24. The van der Waals surface area contributed by atoms with Crippen LogP contribution in [0.1, 0.15) is 49.5 Å². The summed E-state index contributed by atoms with van der Waals surface area (Å²) in [5.41, 5.74) is 0.392. The predicted molar refractivity (Wildman–Crippen MR) is 89.6 cm³/mol. The molecular formula is C18H25NO5. The maximum atomic E-state index is 12.2. The van der Waals surface area contributed by atoms with Gasteiger partial charge in [0.05, 0.1) is 11.6 Å². The number of ether oxygens (including phenoxy) is 2. The Balaban J connectivity index is 1.97. The van der Waals surface area contributed by atoms with E-state index in [0.29, 0.717) is 24.5 Å². The zero-order valence-electron chi connectivity index (χ0n) is 14.7. The fraction of sp³-hybridized carbons (Fsp3) is 0.556. The molecule has 0 aliphatic carbocycles. The lowest BCUT2D eigenvalue weighted by Crippen LogP contribution is -2.42. The summed E-state index contributed by atoms with van der Waals surface area (Å²) in [7, 11) is 0. The molecule has 1 atom stereocenters. The third-order valence-electron chi connectivity index (χ3n) is 3.88. The molecule has 0 radical (unpaired) electrons. The average Bonchev–Trinajstić information content (AvgIpc) is 2.91. The molecule has 6 nitrogen and oxygen atoms in total. The molecule has 132 valence electrons. The Bertz CT molecular complexity index is 620. The molecule has 1 unspecified atom stereocenters. The number of hydrogen-bond donors (Lipinski definition) is 1. The van der Waals surface area contributed by atoms with Crippen LogP contribution in [-0.2, 0) is 4.74 Å². The Morgan fingerprint density at radius 1 is 1.33 bits per heavy atom. The van der Waals surface area contributed by atoms with Crippen molar-refractivity contribution in [3.05, 3.63) is 29.3 Å². The summed E-state index contributed by atoms with van der Waals surface area (Å²) in [4.78, 5) is 25.0. The number of nitrogens with zero attached hydrogens (tertiary/aromatic N) is 1. The Morgan fingerprint density at radius 3 is 2.62 bits per heavy atom. The van der Waals surface area contributed by atoms with E-state index >= 15 is 0 Å². The molecule has 1 aliphatic rings. The first-order valence-electron chi connectivity index (χ1n) is 8.14. The quantitative estimate of drug-likeness (QED) is 0.912. The fourth-order valence-corrected chi connectivity index (χ4v) is 2.73. The number of amides is 1. The molecule has 1 saturated heterocycles. The lowest BCUT2D eigenvalue weighted by molar-refractivity contribution is 0.0187. The normalized spacial score (nSPS) is 17.7. The molecule has 0 bridgehead atoms. The molecule has 6 heteroatoms. The summed E-state index contributed by atoms with van der Waals surface area (Å²) in [6.45, 7) is 8.31. The molecule has 1 aromatic carbocycles. The number of carboxylic acids is 1. The van der Waals surface area contributed by atoms with Gasteiger partial charge in [0, 0.05) is 6.54 Å². The topological polar surface area (TPSA) is 76.1 Å². The molecule has 0 saturated carbocycles. The molecule has 1 aromatic rings. The van der Waals surface area contributed by atoms with Crippen molar-refractivity contribution in [2.45, 2.75) is 52.2 Å². The van der Waals surface area contributed by atoms with Crippen LogP contribution in [0.5, 0.6) is 5.75 Å². The highest BCUT2D eigenvalue weighted by molar-refractivity contribution is 5.89. The van der Waals surface area contributed by atoms with Gasteiger partial charge >= 0.3 is 12.1 Å². The molecule has 0 spiro atoms. The van der Waals surface area contributed by atoms with Crippen molar-refractivity contribution < 1.29 is 24.2 Å². The second-order valence-corrected chi connectivity index (χ2v) is 7.06. The first-order valence-corrected chi connectivity index (χ1v) is 8.14. The molecular weight excluding hydrogens is 310 g/mol. The Morgan fingerprint density at radius 2 is 2.04 bits per heavy atom. The number of carbonyl (C=O) groups excluding carboxylic acids is 1. The van der Waals surface area contributed by atoms with Gasteiger partial charge < -0.3 is 19.5 Å². The van der Waals surface area contributed by atoms with Crippen LogP contribution >= 0.6 is 0 Å². The maximum Gasteiger partial charge on any atom is 0.410 e. The van der Waals surface area contributed by atoms with Gasteiger partial charge in [-0.05, 0) is 64.3 Å². The van der Waals surface area contributed by atoms with E-state index in [4.69, 9.17) is 14.6 Å². The zero-order chi connectivity index (χ0) is 17.9. The molecule has 24 heavy (non-hydrogen) atoms. The lowest BCUT2D eigenvalue weighted by atomic mass is 10.1. The van der Waals surface area contributed by atoms with Crippen LogP contribution < -0.4 is 4.74 Å². The van der Waals surface area contributed by atoms with Gasteiger partial charge in [-0.2, -0.15) is 0 Å². The van der Waals surface area contributed by atoms with Crippen molar-refractivity contribution in [2.75, 3.05) is 13.2 Å². The molecule has 1 N–H and O–H groups in total. The van der Waals surface area contributed by atoms with Gasteiger partial charge in [0.1, 0.15) is 18.0 Å². The summed E-state index contributed by atoms with van der Waals surface area (Å²) in [5, 5.41) is 9.05. The largest absolute Gasteiger partial charge is 0.491 e. The van der Waals surface area contributed by atoms with E-state index < -0.39 is 11.6 Å². The summed E-state index contributed by atoms with van der Waals surface area (Å²) >= 11 is 0. The van der Waals surface area contributed by atoms with Gasteiger partial charge in [0.15, 0.2) is 0 Å². The fourth-order valence-electron chi connectivity index (χ4n) is 2.73. The minimum atomic E-state index is -0.953. The van der Waals surface area contributed by atoms with Crippen LogP contribution in [0, 0.1) is 6.92 Å². The summed E-state index contributed by atoms with van der Waals surface area (Å²) < 4.78 is 11.2. The number of aromatic carboxylic acids is 1. The minimum absolute atomic E-state index is 0.0284. The van der Waals surface area contributed by atoms with Crippen LogP contribution in [0.15, 0.2) is 18.2 Å². The van der Waals surface area contributed by atoms with Gasteiger partial charge in [-0.25, -0.2) is 9.59 Å². The number of hydrogen-bond acceptors (Lipinski definition) is 4. The SMILES string of the molecule is Cc1cc(OCC2CCCN2C(=O)OC(C)(C)C)ccc1C(=O)O. The van der Waals surface area contributed by atoms with E-state index in [1.54, 1.807) is 24.0 Å². The molecule has 1 amide bonds. The van der Waals surface area contributed by atoms with Crippen LogP contribution in [0.3, 0.4) is 0 Å². The minimum Gasteiger partial charge on any atom is -0.491 e. The van der Waals surface area contributed by atoms with Gasteiger partial charge in [-0.15, -0.1) is 0 Å². The third kappa shape index (κ3) is 4.63. The number of benzene rings is 1. The number of carbonyl (C=O) groups is 2. The van der Waals surface area contributed by atoms with Crippen LogP contribution in [-0.4, -0.2) is 46.9 Å². The first-order chi connectivity index (χ1) is 11.2. The first kappa shape index (κ1) is 18.1. The highest BCUT2D eigenvalue weighted by Gasteiger charge is 2.32. The number of rotatable bonds is 4. The summed E-state index contributed by atoms with van der Waals surface area (Å²) in [5.74, 6) is -0.348. The van der Waals surface area contributed by atoms with E-state index in [0.717, 1.165) is 12.8 Å². The standard InChI is InChI=1S/C18H25NO5/c1-12-10-14(7-8-15(12)16(20)21)23-11-13-6-5-9-19(13)17(22)24-18(2,3)4/h7-8,10,13H,5-6,9,11H2,1-4H3,(H,20,21). The van der Waals surface area contributed by atoms with Crippen LogP contribution in [0.2, 0.25) is 0 Å². The van der Waals surface area contributed by atoms with E-state index in [9.17, 15) is 9.59 Å². The Kier molecular flexibility index (Phi) is 5.36. The number of aryl methyl sites for hydroxylation is 1. The van der Waals surface area contributed by atoms with E-state index in [-0.39, 0.29) is 17.7 Å². The second-order valence-electron chi connectivity index (χ2n) is 7.06. The van der Waals surface area contributed by atoms with Gasteiger partial charge in [-0.3, -0.25) is 0 Å². The second kappa shape index (κ2) is 7.11.